The van der Waals surface area contributed by atoms with E-state index in [2.05, 4.69) is 35.3 Å². The monoisotopic (exact) mass is 516 g/mol. The fraction of sp³-hybridized carbons (Fsp3) is 0.741. The van der Waals surface area contributed by atoms with Gasteiger partial charge in [0.15, 0.2) is 6.29 Å². The molecule has 1 aromatic rings. The number of aliphatic hydroxyl groups is 4. The molecule has 1 saturated carbocycles. The highest BCUT2D eigenvalue weighted by Crippen LogP contribution is 2.69. The van der Waals surface area contributed by atoms with Gasteiger partial charge in [-0.2, -0.15) is 0 Å². The van der Waals surface area contributed by atoms with Gasteiger partial charge in [-0.25, -0.2) is 0 Å². The first-order chi connectivity index (χ1) is 17.8. The Morgan fingerprint density at radius 1 is 1.19 bits per heavy atom. The number of anilines is 1. The minimum atomic E-state index is -1.48. The van der Waals surface area contributed by atoms with E-state index in [1.807, 2.05) is 6.07 Å². The third kappa shape index (κ3) is 3.03. The molecule has 5 N–H and O–H groups in total. The van der Waals surface area contributed by atoms with E-state index in [1.165, 1.54) is 12.5 Å². The van der Waals surface area contributed by atoms with E-state index in [9.17, 15) is 25.2 Å². The summed E-state index contributed by atoms with van der Waals surface area (Å²) in [6.45, 7) is 3.12. The molecular weight excluding hydrogens is 480 g/mol. The highest BCUT2D eigenvalue weighted by atomic mass is 16.7. The van der Waals surface area contributed by atoms with Crippen molar-refractivity contribution < 1.29 is 39.4 Å². The Kier molecular flexibility index (Phi) is 5.48. The van der Waals surface area contributed by atoms with Crippen molar-refractivity contribution in [3.63, 3.8) is 0 Å². The van der Waals surface area contributed by atoms with Crippen LogP contribution in [-0.2, 0) is 24.4 Å². The lowest BCUT2D eigenvalue weighted by molar-refractivity contribution is -0.349. The van der Waals surface area contributed by atoms with Crippen molar-refractivity contribution in [1.29, 1.82) is 0 Å². The molecule has 0 amide bonds. The van der Waals surface area contributed by atoms with Crippen LogP contribution in [0.25, 0.3) is 0 Å². The molecule has 7 aliphatic rings. The highest BCUT2D eigenvalue weighted by Gasteiger charge is 2.77. The van der Waals surface area contributed by atoms with Gasteiger partial charge in [-0.1, -0.05) is 25.1 Å². The number of benzene rings is 1. The van der Waals surface area contributed by atoms with Crippen LogP contribution in [0.15, 0.2) is 24.3 Å². The standard InChI is InChI=1S/C27H36N2O8/c1-3-12-13-8-16-23-27(14-6-4-5-7-15(14)28-23)9-17(19(13)24(27)35-11(2)31)29(16)25(12)37-26-22(34)21(33)20(32)18(10-30)36-26/h4-7,12-13,16-26,28,30,32-34H,3,8-10H2,1-2H3/t12?,13-,16-,17-,18+,19-,20+,21-,22+,23+,24+,25+,26-,27+/m0/s1. The lowest BCUT2D eigenvalue weighted by atomic mass is 9.62. The summed E-state index contributed by atoms with van der Waals surface area (Å²) in [7, 11) is 0. The predicted molar refractivity (Wildman–Crippen MR) is 129 cm³/mol. The van der Waals surface area contributed by atoms with E-state index in [4.69, 9.17) is 14.2 Å². The fourth-order valence-electron chi connectivity index (χ4n) is 9.18. The molecule has 37 heavy (non-hydrogen) atoms. The van der Waals surface area contributed by atoms with Gasteiger partial charge in [-0.3, -0.25) is 9.69 Å². The van der Waals surface area contributed by atoms with Crippen molar-refractivity contribution in [1.82, 2.24) is 4.90 Å². The number of esters is 1. The molecule has 6 aliphatic heterocycles. The molecule has 15 atom stereocenters. The van der Waals surface area contributed by atoms with Crippen molar-refractivity contribution in [2.75, 3.05) is 11.9 Å². The van der Waals surface area contributed by atoms with E-state index < -0.39 is 37.3 Å². The van der Waals surface area contributed by atoms with E-state index in [-0.39, 0.29) is 59.6 Å². The molecule has 0 aromatic heterocycles. The lowest BCUT2D eigenvalue weighted by Crippen LogP contribution is -2.73. The van der Waals surface area contributed by atoms with Gasteiger partial charge < -0.3 is 40.0 Å². The maximum absolute atomic E-state index is 12.4. The summed E-state index contributed by atoms with van der Waals surface area (Å²) in [5.74, 6) is 0.263. The molecular formula is C27H36N2O8. The number of hydrogen-bond donors (Lipinski definition) is 5. The summed E-state index contributed by atoms with van der Waals surface area (Å²) in [6, 6.07) is 8.65. The van der Waals surface area contributed by atoms with Crippen molar-refractivity contribution in [2.24, 2.45) is 17.8 Å². The molecule has 10 heteroatoms. The molecule has 6 fully saturated rings. The zero-order chi connectivity index (χ0) is 25.8. The number of nitrogens with zero attached hydrogens (tertiary/aromatic N) is 1. The van der Waals surface area contributed by atoms with Gasteiger partial charge >= 0.3 is 5.97 Å². The van der Waals surface area contributed by atoms with Gasteiger partial charge in [0.1, 0.15) is 36.7 Å². The second-order valence-corrected chi connectivity index (χ2v) is 11.8. The number of para-hydroxylation sites is 1. The maximum atomic E-state index is 12.4. The second-order valence-electron chi connectivity index (χ2n) is 11.8. The number of rotatable bonds is 5. The Hall–Kier alpha value is -1.79. The normalized spacial score (nSPS) is 52.5. The van der Waals surface area contributed by atoms with Crippen molar-refractivity contribution in [2.45, 2.75) is 99.7 Å². The van der Waals surface area contributed by atoms with Gasteiger partial charge in [0.25, 0.3) is 0 Å². The van der Waals surface area contributed by atoms with Crippen LogP contribution in [0.1, 0.15) is 38.7 Å². The second kappa shape index (κ2) is 8.35. The lowest BCUT2D eigenvalue weighted by Gasteiger charge is -2.63. The first kappa shape index (κ1) is 24.3. The van der Waals surface area contributed by atoms with Crippen LogP contribution < -0.4 is 5.32 Å². The fourth-order valence-corrected chi connectivity index (χ4v) is 9.18. The van der Waals surface area contributed by atoms with Gasteiger partial charge in [0.2, 0.25) is 0 Å². The number of carbonyl (C=O) groups is 1. The molecule has 5 bridgehead atoms. The van der Waals surface area contributed by atoms with Crippen LogP contribution in [-0.4, -0.2) is 99.1 Å². The number of aliphatic hydroxyl groups excluding tert-OH is 4. The number of nitrogens with one attached hydrogen (secondary N) is 1. The van der Waals surface area contributed by atoms with Gasteiger partial charge in [0, 0.05) is 36.5 Å². The Morgan fingerprint density at radius 3 is 2.70 bits per heavy atom. The van der Waals surface area contributed by atoms with Crippen LogP contribution in [0.2, 0.25) is 0 Å². The number of carbonyl (C=O) groups excluding carboxylic acids is 1. The topological polar surface area (TPSA) is 141 Å². The summed E-state index contributed by atoms with van der Waals surface area (Å²) in [5.41, 5.74) is 2.02. The van der Waals surface area contributed by atoms with E-state index in [0.717, 1.165) is 24.9 Å². The first-order valence-corrected chi connectivity index (χ1v) is 13.6. The molecule has 2 unspecified atom stereocenters. The number of hydrogen-bond acceptors (Lipinski definition) is 10. The third-order valence-corrected chi connectivity index (χ3v) is 10.4. The first-order valence-electron chi connectivity index (χ1n) is 13.6. The Bertz CT molecular complexity index is 1090. The average Bonchev–Trinajstić information content (AvgIpc) is 3.36. The Morgan fingerprint density at radius 2 is 1.97 bits per heavy atom. The van der Waals surface area contributed by atoms with Crippen LogP contribution in [0.5, 0.6) is 0 Å². The van der Waals surface area contributed by atoms with Crippen LogP contribution >= 0.6 is 0 Å². The third-order valence-electron chi connectivity index (χ3n) is 10.4. The molecule has 6 heterocycles. The average molecular weight is 517 g/mol. The van der Waals surface area contributed by atoms with E-state index in [0.29, 0.717) is 0 Å². The molecule has 8 rings (SSSR count). The van der Waals surface area contributed by atoms with E-state index in [1.54, 1.807) is 0 Å². The summed E-state index contributed by atoms with van der Waals surface area (Å²) >= 11 is 0. The van der Waals surface area contributed by atoms with Gasteiger partial charge in [-0.15, -0.1) is 0 Å². The van der Waals surface area contributed by atoms with Gasteiger partial charge in [0.05, 0.1) is 18.1 Å². The molecule has 1 aromatic carbocycles. The summed E-state index contributed by atoms with van der Waals surface area (Å²) in [6.07, 6.45) is -4.56. The molecule has 5 saturated heterocycles. The van der Waals surface area contributed by atoms with Crippen molar-refractivity contribution >= 4 is 11.7 Å². The van der Waals surface area contributed by atoms with Crippen molar-refractivity contribution in [3.05, 3.63) is 29.8 Å². The van der Waals surface area contributed by atoms with Gasteiger partial charge in [-0.05, 0) is 36.8 Å². The molecule has 1 spiro atoms. The summed E-state index contributed by atoms with van der Waals surface area (Å²) in [4.78, 5) is 14.8. The zero-order valence-electron chi connectivity index (χ0n) is 21.0. The van der Waals surface area contributed by atoms with Crippen LogP contribution in [0.3, 0.4) is 0 Å². The van der Waals surface area contributed by atoms with Crippen LogP contribution in [0.4, 0.5) is 5.69 Å². The molecule has 0 radical (unpaired) electrons. The minimum absolute atomic E-state index is 0.0409. The molecule has 1 aliphatic carbocycles. The largest absolute Gasteiger partial charge is 0.461 e. The van der Waals surface area contributed by atoms with Crippen LogP contribution in [0, 0.1) is 17.8 Å². The SMILES string of the molecule is CCC1[C@@H](O[C@@H]2O[C@H](CO)[C@@H](O)[C@H](O)[C@H]2O)N2[C@H]3C[C@@]45c6ccccc6N[C@@H]4[C@@H]2C[C@@H]1[C@@H]3[C@H]5OC(C)=O. The van der Waals surface area contributed by atoms with Crippen molar-refractivity contribution in [3.8, 4) is 0 Å². The Labute approximate surface area is 215 Å². The summed E-state index contributed by atoms with van der Waals surface area (Å²) in [5, 5.41) is 44.8. The van der Waals surface area contributed by atoms with E-state index >= 15 is 0 Å². The number of piperidine rings is 4. The smallest absolute Gasteiger partial charge is 0.302 e. The Balaban J connectivity index is 1.28. The summed E-state index contributed by atoms with van der Waals surface area (Å²) < 4.78 is 18.5. The highest BCUT2D eigenvalue weighted by molar-refractivity contribution is 5.69. The number of fused-ring (bicyclic) bond motifs is 2. The number of ether oxygens (including phenoxy) is 3. The molecule has 202 valence electrons. The quantitative estimate of drug-likeness (QED) is 0.338. The zero-order valence-corrected chi connectivity index (χ0v) is 21.0. The molecule has 10 nitrogen and oxygen atoms in total. The minimum Gasteiger partial charge on any atom is -0.461 e. The predicted octanol–water partition coefficient (Wildman–Crippen LogP) is -0.0748. The maximum Gasteiger partial charge on any atom is 0.302 e.